The fourth-order valence-electron chi connectivity index (χ4n) is 3.49. The van der Waals surface area contributed by atoms with Gasteiger partial charge in [0.05, 0.1) is 6.04 Å². The highest BCUT2D eigenvalue weighted by molar-refractivity contribution is 4.75. The molecule has 0 unspecified atom stereocenters. The molecule has 94 valence electrons. The van der Waals surface area contributed by atoms with E-state index in [9.17, 15) is 0 Å². The molecule has 0 aromatic heterocycles. The number of ether oxygens (including phenoxy) is 1. The van der Waals surface area contributed by atoms with Gasteiger partial charge in [0.25, 0.3) is 0 Å². The van der Waals surface area contributed by atoms with Crippen molar-refractivity contribution in [3.8, 4) is 0 Å². The van der Waals surface area contributed by atoms with Crippen molar-refractivity contribution in [2.45, 2.75) is 82.4 Å². The molecular weight excluding hydrogens is 198 g/mol. The summed E-state index contributed by atoms with van der Waals surface area (Å²) in [4.78, 5) is 0. The van der Waals surface area contributed by atoms with Crippen molar-refractivity contribution >= 4 is 0 Å². The highest BCUT2D eigenvalue weighted by Gasteiger charge is 2.30. The Morgan fingerprint density at radius 3 is 2.12 bits per heavy atom. The van der Waals surface area contributed by atoms with Crippen LogP contribution in [-0.2, 0) is 4.74 Å². The first-order chi connectivity index (χ1) is 7.90. The molecule has 2 nitrogen and oxygen atoms in total. The fraction of sp³-hybridized carbons (Fsp3) is 1.00. The SMILES string of the molecule is CO[C@H]1CCCC[C@H]1[NH2+]C1CCCCCC1. The monoisotopic (exact) mass is 226 g/mol. The van der Waals surface area contributed by atoms with E-state index in [1.807, 2.05) is 7.11 Å². The maximum absolute atomic E-state index is 5.65. The maximum atomic E-state index is 5.65. The Kier molecular flexibility index (Phi) is 5.11. The van der Waals surface area contributed by atoms with E-state index in [0.717, 1.165) is 12.1 Å². The zero-order valence-corrected chi connectivity index (χ0v) is 10.8. The van der Waals surface area contributed by atoms with E-state index in [0.29, 0.717) is 6.10 Å². The normalized spacial score (nSPS) is 33.6. The molecule has 2 heteroatoms. The van der Waals surface area contributed by atoms with Crippen LogP contribution in [-0.4, -0.2) is 25.3 Å². The van der Waals surface area contributed by atoms with Gasteiger partial charge in [-0.3, -0.25) is 0 Å². The Morgan fingerprint density at radius 1 is 0.812 bits per heavy atom. The first-order valence-corrected chi connectivity index (χ1v) is 7.28. The summed E-state index contributed by atoms with van der Waals surface area (Å²) in [6, 6.07) is 1.64. The minimum atomic E-state index is 0.525. The van der Waals surface area contributed by atoms with Gasteiger partial charge in [-0.15, -0.1) is 0 Å². The zero-order valence-electron chi connectivity index (χ0n) is 10.8. The van der Waals surface area contributed by atoms with Crippen LogP contribution >= 0.6 is 0 Å². The third kappa shape index (κ3) is 3.46. The van der Waals surface area contributed by atoms with E-state index in [-0.39, 0.29) is 0 Å². The molecule has 2 aliphatic rings. The molecule has 0 aromatic carbocycles. The molecule has 0 bridgehead atoms. The van der Waals surface area contributed by atoms with Gasteiger partial charge in [0.15, 0.2) is 0 Å². The van der Waals surface area contributed by atoms with Crippen LogP contribution in [0.25, 0.3) is 0 Å². The Bertz CT molecular complexity index is 187. The summed E-state index contributed by atoms with van der Waals surface area (Å²) in [5.41, 5.74) is 0. The second-order valence-corrected chi connectivity index (χ2v) is 5.67. The third-order valence-electron chi connectivity index (χ3n) is 4.48. The molecule has 0 radical (unpaired) electrons. The molecule has 2 aliphatic carbocycles. The quantitative estimate of drug-likeness (QED) is 0.734. The summed E-state index contributed by atoms with van der Waals surface area (Å²) in [6.07, 6.45) is 14.7. The highest BCUT2D eigenvalue weighted by Crippen LogP contribution is 2.20. The molecule has 2 atom stereocenters. The number of methoxy groups -OCH3 is 1. The van der Waals surface area contributed by atoms with Crippen molar-refractivity contribution in [1.29, 1.82) is 0 Å². The van der Waals surface area contributed by atoms with Crippen LogP contribution < -0.4 is 5.32 Å². The Labute approximate surface area is 100 Å². The zero-order chi connectivity index (χ0) is 11.2. The third-order valence-corrected chi connectivity index (χ3v) is 4.48. The summed E-state index contributed by atoms with van der Waals surface area (Å²) >= 11 is 0. The number of hydrogen-bond donors (Lipinski definition) is 1. The Balaban J connectivity index is 1.81. The standard InChI is InChI=1S/C14H27NO/c1-16-14-11-7-6-10-13(14)15-12-8-4-2-3-5-9-12/h12-15H,2-11H2,1H3/p+1/t13-,14+/m1/s1. The van der Waals surface area contributed by atoms with Crippen molar-refractivity contribution in [2.24, 2.45) is 0 Å². The molecule has 0 heterocycles. The van der Waals surface area contributed by atoms with E-state index in [1.165, 1.54) is 64.2 Å². The first kappa shape index (κ1) is 12.4. The largest absolute Gasteiger partial charge is 0.375 e. The van der Waals surface area contributed by atoms with Gasteiger partial charge in [-0.25, -0.2) is 0 Å². The highest BCUT2D eigenvalue weighted by atomic mass is 16.5. The molecule has 0 aromatic rings. The van der Waals surface area contributed by atoms with Crippen LogP contribution in [0.3, 0.4) is 0 Å². The molecule has 0 saturated heterocycles. The van der Waals surface area contributed by atoms with Crippen LogP contribution in [0.1, 0.15) is 64.2 Å². The predicted molar refractivity (Wildman–Crippen MR) is 66.5 cm³/mol. The lowest BCUT2D eigenvalue weighted by atomic mass is 9.91. The van der Waals surface area contributed by atoms with E-state index in [2.05, 4.69) is 5.32 Å². The van der Waals surface area contributed by atoms with Crippen LogP contribution in [0, 0.1) is 0 Å². The lowest BCUT2D eigenvalue weighted by Crippen LogP contribution is -2.97. The number of rotatable bonds is 3. The van der Waals surface area contributed by atoms with Crippen molar-refractivity contribution in [3.63, 3.8) is 0 Å². The van der Waals surface area contributed by atoms with Crippen LogP contribution in [0.15, 0.2) is 0 Å². The molecule has 16 heavy (non-hydrogen) atoms. The summed E-state index contributed by atoms with van der Waals surface area (Å²) in [5, 5.41) is 2.67. The lowest BCUT2D eigenvalue weighted by Gasteiger charge is -2.31. The van der Waals surface area contributed by atoms with Gasteiger partial charge in [0, 0.05) is 13.5 Å². The molecular formula is C14H28NO+. The van der Waals surface area contributed by atoms with Crippen LogP contribution in [0.5, 0.6) is 0 Å². The predicted octanol–water partition coefficient (Wildman–Crippen LogP) is 2.23. The van der Waals surface area contributed by atoms with Crippen molar-refractivity contribution in [2.75, 3.05) is 7.11 Å². The molecule has 2 N–H and O–H groups in total. The minimum Gasteiger partial charge on any atom is -0.375 e. The Morgan fingerprint density at radius 2 is 1.44 bits per heavy atom. The molecule has 2 rings (SSSR count). The Hall–Kier alpha value is -0.0800. The number of quaternary nitrogens is 1. The average molecular weight is 226 g/mol. The summed E-state index contributed by atoms with van der Waals surface area (Å²) in [7, 11) is 1.89. The van der Waals surface area contributed by atoms with Gasteiger partial charge in [0.1, 0.15) is 12.1 Å². The second kappa shape index (κ2) is 6.61. The summed E-state index contributed by atoms with van der Waals surface area (Å²) in [6.45, 7) is 0. The van der Waals surface area contributed by atoms with Crippen molar-refractivity contribution < 1.29 is 10.1 Å². The smallest absolute Gasteiger partial charge is 0.113 e. The van der Waals surface area contributed by atoms with Gasteiger partial charge in [-0.05, 0) is 38.5 Å². The van der Waals surface area contributed by atoms with Crippen molar-refractivity contribution in [3.05, 3.63) is 0 Å². The molecule has 0 aliphatic heterocycles. The molecule has 0 spiro atoms. The van der Waals surface area contributed by atoms with Crippen molar-refractivity contribution in [1.82, 2.24) is 0 Å². The fourth-order valence-corrected chi connectivity index (χ4v) is 3.49. The molecule has 0 amide bonds. The first-order valence-electron chi connectivity index (χ1n) is 7.28. The van der Waals surface area contributed by atoms with Gasteiger partial charge >= 0.3 is 0 Å². The van der Waals surface area contributed by atoms with E-state index in [4.69, 9.17) is 4.74 Å². The summed E-state index contributed by atoms with van der Waals surface area (Å²) in [5.74, 6) is 0. The van der Waals surface area contributed by atoms with E-state index >= 15 is 0 Å². The number of nitrogens with two attached hydrogens (primary N) is 1. The second-order valence-electron chi connectivity index (χ2n) is 5.67. The van der Waals surface area contributed by atoms with E-state index < -0.39 is 0 Å². The average Bonchev–Trinajstić information content (AvgIpc) is 2.58. The van der Waals surface area contributed by atoms with E-state index in [1.54, 1.807) is 0 Å². The molecule has 2 saturated carbocycles. The van der Waals surface area contributed by atoms with Crippen LogP contribution in [0.4, 0.5) is 0 Å². The minimum absolute atomic E-state index is 0.525. The topological polar surface area (TPSA) is 25.8 Å². The van der Waals surface area contributed by atoms with Gasteiger partial charge in [0.2, 0.25) is 0 Å². The van der Waals surface area contributed by atoms with Gasteiger partial charge in [-0.2, -0.15) is 0 Å². The van der Waals surface area contributed by atoms with Gasteiger partial charge < -0.3 is 10.1 Å². The number of hydrogen-bond acceptors (Lipinski definition) is 1. The summed E-state index contributed by atoms with van der Waals surface area (Å²) < 4.78 is 5.65. The molecule has 2 fully saturated rings. The lowest BCUT2D eigenvalue weighted by molar-refractivity contribution is -0.730. The maximum Gasteiger partial charge on any atom is 0.113 e. The van der Waals surface area contributed by atoms with Gasteiger partial charge in [-0.1, -0.05) is 19.3 Å². The van der Waals surface area contributed by atoms with Crippen LogP contribution in [0.2, 0.25) is 0 Å².